The van der Waals surface area contributed by atoms with Crippen LogP contribution in [0.1, 0.15) is 26.2 Å². The molecule has 2 N–H and O–H groups in total. The number of rotatable bonds is 5. The van der Waals surface area contributed by atoms with Crippen molar-refractivity contribution in [3.63, 3.8) is 0 Å². The van der Waals surface area contributed by atoms with E-state index in [2.05, 4.69) is 5.32 Å². The highest BCUT2D eigenvalue weighted by atomic mass is 16.4. The van der Waals surface area contributed by atoms with E-state index < -0.39 is 11.5 Å². The largest absolute Gasteiger partial charge is 0.480 e. The number of carboxylic acids is 1. The van der Waals surface area contributed by atoms with Crippen LogP contribution in [0.15, 0.2) is 0 Å². The number of amides is 2. The zero-order valence-electron chi connectivity index (χ0n) is 9.45. The van der Waals surface area contributed by atoms with Crippen LogP contribution in [0.4, 0.5) is 0 Å². The molecule has 2 amide bonds. The van der Waals surface area contributed by atoms with E-state index in [1.54, 1.807) is 7.05 Å². The molecule has 0 spiro atoms. The molecule has 1 atom stereocenters. The van der Waals surface area contributed by atoms with Gasteiger partial charge in [-0.2, -0.15) is 0 Å². The maximum atomic E-state index is 11.3. The number of likely N-dealkylation sites (N-methyl/N-ethyl adjacent to an activating group) is 1. The molecule has 1 aliphatic heterocycles. The van der Waals surface area contributed by atoms with E-state index in [4.69, 9.17) is 5.11 Å². The van der Waals surface area contributed by atoms with Gasteiger partial charge < -0.3 is 10.4 Å². The van der Waals surface area contributed by atoms with E-state index in [1.807, 2.05) is 0 Å². The molecule has 0 aromatic heterocycles. The van der Waals surface area contributed by atoms with E-state index in [9.17, 15) is 14.4 Å². The Morgan fingerprint density at radius 1 is 1.44 bits per heavy atom. The minimum Gasteiger partial charge on any atom is -0.480 e. The first-order valence-electron chi connectivity index (χ1n) is 5.16. The van der Waals surface area contributed by atoms with Crippen LogP contribution >= 0.6 is 0 Å². The van der Waals surface area contributed by atoms with Gasteiger partial charge in [-0.25, -0.2) is 0 Å². The summed E-state index contributed by atoms with van der Waals surface area (Å²) < 4.78 is 0. The van der Waals surface area contributed by atoms with Crippen molar-refractivity contribution >= 4 is 17.8 Å². The average molecular weight is 228 g/mol. The monoisotopic (exact) mass is 228 g/mol. The van der Waals surface area contributed by atoms with E-state index in [0.29, 0.717) is 0 Å². The summed E-state index contributed by atoms with van der Waals surface area (Å²) in [4.78, 5) is 34.7. The molecule has 16 heavy (non-hydrogen) atoms. The maximum Gasteiger partial charge on any atom is 0.323 e. The molecule has 0 bridgehead atoms. The van der Waals surface area contributed by atoms with Gasteiger partial charge in [0.1, 0.15) is 5.54 Å². The van der Waals surface area contributed by atoms with Crippen molar-refractivity contribution in [1.82, 2.24) is 10.2 Å². The van der Waals surface area contributed by atoms with Crippen LogP contribution in [0.2, 0.25) is 0 Å². The minimum absolute atomic E-state index is 0.154. The summed E-state index contributed by atoms with van der Waals surface area (Å²) in [5.74, 6) is -1.42. The summed E-state index contributed by atoms with van der Waals surface area (Å²) in [6, 6.07) is 0. The fourth-order valence-corrected chi connectivity index (χ4v) is 1.55. The predicted octanol–water partition coefficient (Wildman–Crippen LogP) is -0.412. The van der Waals surface area contributed by atoms with Crippen LogP contribution < -0.4 is 5.32 Å². The lowest BCUT2D eigenvalue weighted by Crippen LogP contribution is -2.50. The van der Waals surface area contributed by atoms with Gasteiger partial charge in [0.2, 0.25) is 11.8 Å². The number of carboxylic acid groups (broad SMARTS) is 1. The quantitative estimate of drug-likeness (QED) is 0.624. The number of likely N-dealkylation sites (tertiary alicyclic amines) is 1. The van der Waals surface area contributed by atoms with Crippen LogP contribution in [-0.4, -0.2) is 46.9 Å². The van der Waals surface area contributed by atoms with Gasteiger partial charge in [0.05, 0.1) is 0 Å². The fourth-order valence-electron chi connectivity index (χ4n) is 1.55. The Kier molecular flexibility index (Phi) is 3.64. The van der Waals surface area contributed by atoms with Crippen LogP contribution in [0.5, 0.6) is 0 Å². The number of hydrogen-bond donors (Lipinski definition) is 2. The first kappa shape index (κ1) is 12.6. The summed E-state index contributed by atoms with van der Waals surface area (Å²) in [6.45, 7) is 1.68. The van der Waals surface area contributed by atoms with E-state index >= 15 is 0 Å². The Balaban J connectivity index is 2.59. The molecule has 0 aromatic rings. The zero-order valence-corrected chi connectivity index (χ0v) is 9.45. The molecular formula is C10H16N2O4. The molecule has 1 saturated heterocycles. The first-order valence-corrected chi connectivity index (χ1v) is 5.16. The standard InChI is InChI=1S/C10H16N2O4/c1-10(11-2,9(15)16)5-6-12-7(13)3-4-8(12)14/h11H,3-6H2,1-2H3,(H,15,16). The SMILES string of the molecule is CNC(C)(CCN1C(=O)CCC1=O)C(=O)O. The van der Waals surface area contributed by atoms with Gasteiger partial charge in [-0.3, -0.25) is 19.3 Å². The highest BCUT2D eigenvalue weighted by molar-refractivity contribution is 6.01. The third-order valence-electron chi connectivity index (χ3n) is 3.01. The molecule has 90 valence electrons. The molecule has 6 heteroatoms. The third-order valence-corrected chi connectivity index (χ3v) is 3.01. The predicted molar refractivity (Wildman–Crippen MR) is 55.7 cm³/mol. The molecule has 0 aliphatic carbocycles. The Bertz CT molecular complexity index is 313. The van der Waals surface area contributed by atoms with Gasteiger partial charge in [0, 0.05) is 19.4 Å². The molecule has 0 aromatic carbocycles. The van der Waals surface area contributed by atoms with Gasteiger partial charge in [-0.1, -0.05) is 0 Å². The average Bonchev–Trinajstić information content (AvgIpc) is 2.55. The van der Waals surface area contributed by atoms with Crippen LogP contribution in [0, 0.1) is 0 Å². The lowest BCUT2D eigenvalue weighted by Gasteiger charge is -2.26. The minimum atomic E-state index is -1.11. The third kappa shape index (κ3) is 2.38. The second-order valence-corrected chi connectivity index (χ2v) is 4.08. The topological polar surface area (TPSA) is 86.7 Å². The number of imide groups is 1. The van der Waals surface area contributed by atoms with Gasteiger partial charge in [0.25, 0.3) is 0 Å². The summed E-state index contributed by atoms with van der Waals surface area (Å²) >= 11 is 0. The zero-order chi connectivity index (χ0) is 12.3. The highest BCUT2D eigenvalue weighted by Crippen LogP contribution is 2.16. The number of carbonyl (C=O) groups is 3. The van der Waals surface area contributed by atoms with Crippen LogP contribution in [0.25, 0.3) is 0 Å². The van der Waals surface area contributed by atoms with E-state index in [-0.39, 0.29) is 37.6 Å². The van der Waals surface area contributed by atoms with Gasteiger partial charge in [-0.05, 0) is 20.4 Å². The number of aliphatic carboxylic acids is 1. The summed E-state index contributed by atoms with van der Waals surface area (Å²) in [5, 5.41) is 11.7. The Hall–Kier alpha value is -1.43. The van der Waals surface area contributed by atoms with Gasteiger partial charge in [0.15, 0.2) is 0 Å². The normalized spacial score (nSPS) is 20.0. The molecule has 0 radical (unpaired) electrons. The van der Waals surface area contributed by atoms with Crippen molar-refractivity contribution in [1.29, 1.82) is 0 Å². The Labute approximate surface area is 93.6 Å². The summed E-state index contributed by atoms with van der Waals surface area (Å²) in [5.41, 5.74) is -1.11. The molecule has 6 nitrogen and oxygen atoms in total. The molecule has 0 saturated carbocycles. The van der Waals surface area contributed by atoms with Crippen molar-refractivity contribution in [3.8, 4) is 0 Å². The lowest BCUT2D eigenvalue weighted by atomic mass is 9.98. The number of nitrogens with zero attached hydrogens (tertiary/aromatic N) is 1. The fraction of sp³-hybridized carbons (Fsp3) is 0.700. The Morgan fingerprint density at radius 2 is 1.94 bits per heavy atom. The second kappa shape index (κ2) is 4.61. The maximum absolute atomic E-state index is 11.3. The highest BCUT2D eigenvalue weighted by Gasteiger charge is 2.35. The molecule has 1 fully saturated rings. The van der Waals surface area contributed by atoms with Crippen molar-refractivity contribution in [2.45, 2.75) is 31.7 Å². The van der Waals surface area contributed by atoms with Crippen molar-refractivity contribution in [3.05, 3.63) is 0 Å². The summed E-state index contributed by atoms with van der Waals surface area (Å²) in [7, 11) is 1.54. The molecule has 1 rings (SSSR count). The Morgan fingerprint density at radius 3 is 2.31 bits per heavy atom. The smallest absolute Gasteiger partial charge is 0.323 e. The number of nitrogens with one attached hydrogen (secondary N) is 1. The first-order chi connectivity index (χ1) is 7.40. The van der Waals surface area contributed by atoms with E-state index in [1.165, 1.54) is 6.92 Å². The van der Waals surface area contributed by atoms with E-state index in [0.717, 1.165) is 4.90 Å². The van der Waals surface area contributed by atoms with Crippen LogP contribution in [0.3, 0.4) is 0 Å². The number of hydrogen-bond acceptors (Lipinski definition) is 4. The van der Waals surface area contributed by atoms with Crippen molar-refractivity contribution < 1.29 is 19.5 Å². The summed E-state index contributed by atoms with van der Waals surface area (Å²) in [6.07, 6.45) is 0.681. The molecule has 1 aliphatic rings. The number of carbonyl (C=O) groups excluding carboxylic acids is 2. The van der Waals surface area contributed by atoms with Gasteiger partial charge >= 0.3 is 5.97 Å². The second-order valence-electron chi connectivity index (χ2n) is 4.08. The van der Waals surface area contributed by atoms with Crippen molar-refractivity contribution in [2.24, 2.45) is 0 Å². The lowest BCUT2D eigenvalue weighted by molar-refractivity contribution is -0.146. The van der Waals surface area contributed by atoms with Crippen molar-refractivity contribution in [2.75, 3.05) is 13.6 Å². The van der Waals surface area contributed by atoms with Crippen LogP contribution in [-0.2, 0) is 14.4 Å². The molecular weight excluding hydrogens is 212 g/mol. The molecule has 1 unspecified atom stereocenters. The van der Waals surface area contributed by atoms with Gasteiger partial charge in [-0.15, -0.1) is 0 Å². The molecule has 1 heterocycles.